The van der Waals surface area contributed by atoms with Crippen LogP contribution in [0.5, 0.6) is 5.75 Å². The number of rotatable bonds is 3. The minimum absolute atomic E-state index is 0.176. The summed E-state index contributed by atoms with van der Waals surface area (Å²) in [6, 6.07) is 6.45. The van der Waals surface area contributed by atoms with Crippen LogP contribution in [-0.4, -0.2) is 17.3 Å². The van der Waals surface area contributed by atoms with Gasteiger partial charge in [-0.25, -0.2) is 0 Å². The van der Waals surface area contributed by atoms with Crippen LogP contribution in [0, 0.1) is 6.92 Å². The van der Waals surface area contributed by atoms with Crippen LogP contribution >= 0.6 is 0 Å². The maximum Gasteiger partial charge on any atom is 0.122 e. The van der Waals surface area contributed by atoms with Gasteiger partial charge < -0.3 is 9.84 Å². The fourth-order valence-electron chi connectivity index (χ4n) is 2.51. The molecule has 2 nitrogen and oxygen atoms in total. The molecule has 100 valence electrons. The number of benzene rings is 1. The number of aliphatic hydroxyl groups is 1. The number of aliphatic hydroxyl groups excluding tert-OH is 1. The van der Waals surface area contributed by atoms with E-state index in [1.165, 1.54) is 11.1 Å². The van der Waals surface area contributed by atoms with Gasteiger partial charge >= 0.3 is 0 Å². The van der Waals surface area contributed by atoms with Crippen LogP contribution in [0.1, 0.15) is 56.6 Å². The van der Waals surface area contributed by atoms with Crippen molar-refractivity contribution in [3.8, 4) is 5.75 Å². The van der Waals surface area contributed by atoms with Crippen molar-refractivity contribution in [2.75, 3.05) is 0 Å². The van der Waals surface area contributed by atoms with Gasteiger partial charge in [-0.3, -0.25) is 0 Å². The summed E-state index contributed by atoms with van der Waals surface area (Å²) in [6.45, 7) is 6.47. The molecule has 0 aliphatic heterocycles. The zero-order valence-corrected chi connectivity index (χ0v) is 11.6. The van der Waals surface area contributed by atoms with Gasteiger partial charge in [0.25, 0.3) is 0 Å². The van der Waals surface area contributed by atoms with Gasteiger partial charge in [-0.05, 0) is 49.3 Å². The first kappa shape index (κ1) is 13.4. The Kier molecular flexibility index (Phi) is 4.28. The van der Waals surface area contributed by atoms with Crippen molar-refractivity contribution in [3.05, 3.63) is 29.3 Å². The molecule has 2 atom stereocenters. The lowest BCUT2D eigenvalue weighted by molar-refractivity contribution is 0.0532. The Morgan fingerprint density at radius 2 is 2.06 bits per heavy atom. The van der Waals surface area contributed by atoms with E-state index in [1.807, 2.05) is 0 Å². The molecule has 2 rings (SSSR count). The summed E-state index contributed by atoms with van der Waals surface area (Å²) in [5.41, 5.74) is 2.49. The van der Waals surface area contributed by atoms with Crippen molar-refractivity contribution in [1.82, 2.24) is 0 Å². The third-order valence-electron chi connectivity index (χ3n) is 3.77. The molecule has 1 aromatic carbocycles. The van der Waals surface area contributed by atoms with E-state index in [0.29, 0.717) is 5.92 Å². The van der Waals surface area contributed by atoms with Crippen molar-refractivity contribution < 1.29 is 9.84 Å². The smallest absolute Gasteiger partial charge is 0.122 e. The molecule has 2 unspecified atom stereocenters. The molecule has 0 spiro atoms. The summed E-state index contributed by atoms with van der Waals surface area (Å²) in [7, 11) is 0. The van der Waals surface area contributed by atoms with Crippen LogP contribution in [0.25, 0.3) is 0 Å². The van der Waals surface area contributed by atoms with E-state index < -0.39 is 0 Å². The normalized spacial score (nSPS) is 24.3. The Morgan fingerprint density at radius 3 is 2.72 bits per heavy atom. The highest BCUT2D eigenvalue weighted by molar-refractivity contribution is 5.38. The average Bonchev–Trinajstić information content (AvgIpc) is 2.31. The second-order valence-corrected chi connectivity index (χ2v) is 5.74. The number of hydrogen-bond acceptors (Lipinski definition) is 2. The highest BCUT2D eigenvalue weighted by Crippen LogP contribution is 2.28. The van der Waals surface area contributed by atoms with E-state index in [-0.39, 0.29) is 12.2 Å². The monoisotopic (exact) mass is 248 g/mol. The molecule has 0 radical (unpaired) electrons. The quantitative estimate of drug-likeness (QED) is 0.881. The molecule has 18 heavy (non-hydrogen) atoms. The zero-order chi connectivity index (χ0) is 13.1. The molecule has 1 aromatic rings. The number of ether oxygens (including phenoxy) is 1. The van der Waals surface area contributed by atoms with Crippen LogP contribution in [0.4, 0.5) is 0 Å². The first-order valence-electron chi connectivity index (χ1n) is 7.01. The summed E-state index contributed by atoms with van der Waals surface area (Å²) < 4.78 is 6.09. The lowest BCUT2D eigenvalue weighted by Gasteiger charge is -2.27. The second-order valence-electron chi connectivity index (χ2n) is 5.74. The summed E-state index contributed by atoms with van der Waals surface area (Å²) >= 11 is 0. The van der Waals surface area contributed by atoms with E-state index in [1.54, 1.807) is 0 Å². The fourth-order valence-corrected chi connectivity index (χ4v) is 2.51. The van der Waals surface area contributed by atoms with Gasteiger partial charge in [0.15, 0.2) is 0 Å². The number of aryl methyl sites for hydroxylation is 1. The summed E-state index contributed by atoms with van der Waals surface area (Å²) in [6.07, 6.45) is 3.81. The molecule has 2 heteroatoms. The standard InChI is InChI=1S/C16H24O2/c1-11(2)13-8-7-12(3)16(9-13)18-15-6-4-5-14(17)10-15/h7-9,11,14-15,17H,4-6,10H2,1-3H3. The Labute approximate surface area is 110 Å². The van der Waals surface area contributed by atoms with Crippen LogP contribution < -0.4 is 4.74 Å². The Hall–Kier alpha value is -1.02. The van der Waals surface area contributed by atoms with Crippen LogP contribution in [0.3, 0.4) is 0 Å². The first-order chi connectivity index (χ1) is 8.56. The molecule has 1 saturated carbocycles. The average molecular weight is 248 g/mol. The van der Waals surface area contributed by atoms with E-state index in [4.69, 9.17) is 4.74 Å². The van der Waals surface area contributed by atoms with Crippen molar-refractivity contribution >= 4 is 0 Å². The maximum atomic E-state index is 9.69. The van der Waals surface area contributed by atoms with Gasteiger partial charge in [0.05, 0.1) is 6.10 Å². The van der Waals surface area contributed by atoms with Crippen molar-refractivity contribution in [2.45, 2.75) is 64.6 Å². The van der Waals surface area contributed by atoms with Crippen molar-refractivity contribution in [1.29, 1.82) is 0 Å². The second kappa shape index (κ2) is 5.75. The van der Waals surface area contributed by atoms with Crippen LogP contribution in [-0.2, 0) is 0 Å². The molecule has 0 saturated heterocycles. The molecule has 1 N–H and O–H groups in total. The minimum Gasteiger partial charge on any atom is -0.490 e. The predicted molar refractivity (Wildman–Crippen MR) is 74.2 cm³/mol. The van der Waals surface area contributed by atoms with Gasteiger partial charge in [0.2, 0.25) is 0 Å². The lowest BCUT2D eigenvalue weighted by atomic mass is 9.95. The van der Waals surface area contributed by atoms with Crippen molar-refractivity contribution in [2.24, 2.45) is 0 Å². The van der Waals surface area contributed by atoms with Crippen LogP contribution in [0.15, 0.2) is 18.2 Å². The first-order valence-corrected chi connectivity index (χ1v) is 7.01. The Morgan fingerprint density at radius 1 is 1.28 bits per heavy atom. The topological polar surface area (TPSA) is 29.5 Å². The molecular weight excluding hydrogens is 224 g/mol. The Bertz CT molecular complexity index is 398. The largest absolute Gasteiger partial charge is 0.490 e. The molecule has 1 aliphatic rings. The molecule has 0 bridgehead atoms. The zero-order valence-electron chi connectivity index (χ0n) is 11.6. The number of hydrogen-bond donors (Lipinski definition) is 1. The molecule has 0 amide bonds. The molecule has 0 aromatic heterocycles. The predicted octanol–water partition coefficient (Wildman–Crippen LogP) is 3.80. The van der Waals surface area contributed by atoms with Crippen molar-refractivity contribution in [3.63, 3.8) is 0 Å². The van der Waals surface area contributed by atoms with Gasteiger partial charge in [0.1, 0.15) is 11.9 Å². The Balaban J connectivity index is 2.10. The highest BCUT2D eigenvalue weighted by Gasteiger charge is 2.22. The summed E-state index contributed by atoms with van der Waals surface area (Å²) in [4.78, 5) is 0. The third-order valence-corrected chi connectivity index (χ3v) is 3.77. The SMILES string of the molecule is Cc1ccc(C(C)C)cc1OC1CCCC(O)C1. The summed E-state index contributed by atoms with van der Waals surface area (Å²) in [5, 5.41) is 9.69. The fraction of sp³-hybridized carbons (Fsp3) is 0.625. The van der Waals surface area contributed by atoms with Gasteiger partial charge in [-0.2, -0.15) is 0 Å². The molecule has 0 heterocycles. The lowest BCUT2D eigenvalue weighted by Crippen LogP contribution is -2.28. The van der Waals surface area contributed by atoms with Gasteiger partial charge in [0, 0.05) is 6.42 Å². The molecule has 1 aliphatic carbocycles. The highest BCUT2D eigenvalue weighted by atomic mass is 16.5. The third kappa shape index (κ3) is 3.26. The van der Waals surface area contributed by atoms with Crippen LogP contribution in [0.2, 0.25) is 0 Å². The van der Waals surface area contributed by atoms with Gasteiger partial charge in [-0.1, -0.05) is 26.0 Å². The maximum absolute atomic E-state index is 9.69. The summed E-state index contributed by atoms with van der Waals surface area (Å²) in [5.74, 6) is 1.50. The van der Waals surface area contributed by atoms with E-state index in [9.17, 15) is 5.11 Å². The molecule has 1 fully saturated rings. The van der Waals surface area contributed by atoms with E-state index >= 15 is 0 Å². The van der Waals surface area contributed by atoms with E-state index in [2.05, 4.69) is 39.0 Å². The minimum atomic E-state index is -0.183. The van der Waals surface area contributed by atoms with Gasteiger partial charge in [-0.15, -0.1) is 0 Å². The van der Waals surface area contributed by atoms with E-state index in [0.717, 1.165) is 31.4 Å². The molecular formula is C16H24O2.